The average Bonchev–Trinajstić information content (AvgIpc) is 2.71. The Balaban J connectivity index is 2.13. The number of hydrogen-bond acceptors (Lipinski definition) is 2. The molecule has 0 bridgehead atoms. The van der Waals surface area contributed by atoms with Gasteiger partial charge >= 0.3 is 0 Å². The molecule has 2 aromatic rings. The first-order valence-corrected chi connectivity index (χ1v) is 5.65. The molecule has 84 valence electrons. The topological polar surface area (TPSA) is 26.3 Å². The molecule has 2 heteroatoms. The third kappa shape index (κ3) is 1.53. The van der Waals surface area contributed by atoms with Crippen molar-refractivity contribution >= 4 is 6.47 Å². The molecule has 0 heterocycles. The molecule has 1 aliphatic carbocycles. The van der Waals surface area contributed by atoms with Crippen LogP contribution in [0.1, 0.15) is 17.0 Å². The van der Waals surface area contributed by atoms with E-state index < -0.39 is 0 Å². The van der Waals surface area contributed by atoms with Gasteiger partial charge in [-0.15, -0.1) is 0 Å². The maximum absolute atomic E-state index is 10.4. The van der Waals surface area contributed by atoms with E-state index in [2.05, 4.69) is 24.3 Å². The molecular weight excluding hydrogens is 212 g/mol. The van der Waals surface area contributed by atoms with Crippen LogP contribution < -0.4 is 0 Å². The lowest BCUT2D eigenvalue weighted by Gasteiger charge is -2.11. The lowest BCUT2D eigenvalue weighted by molar-refractivity contribution is -0.128. The van der Waals surface area contributed by atoms with E-state index in [1.54, 1.807) is 0 Å². The number of rotatable bonds is 3. The minimum absolute atomic E-state index is 0.174. The van der Waals surface area contributed by atoms with Gasteiger partial charge in [0.15, 0.2) is 0 Å². The summed E-state index contributed by atoms with van der Waals surface area (Å²) in [4.78, 5) is 10.4. The fourth-order valence-electron chi connectivity index (χ4n) is 2.57. The second-order valence-electron chi connectivity index (χ2n) is 4.16. The normalized spacial score (nSPS) is 12.9. The first-order chi connectivity index (χ1) is 8.42. The zero-order chi connectivity index (χ0) is 11.7. The van der Waals surface area contributed by atoms with E-state index in [1.807, 2.05) is 24.3 Å². The Labute approximate surface area is 99.9 Å². The van der Waals surface area contributed by atoms with Crippen molar-refractivity contribution in [3.05, 3.63) is 59.7 Å². The Morgan fingerprint density at radius 2 is 1.47 bits per heavy atom. The Kier molecular flexibility index (Phi) is 2.41. The highest BCUT2D eigenvalue weighted by molar-refractivity contribution is 5.78. The first kappa shape index (κ1) is 10.1. The number of fused-ring (bicyclic) bond motifs is 3. The number of ether oxygens (including phenoxy) is 1. The van der Waals surface area contributed by atoms with Crippen molar-refractivity contribution in [3.63, 3.8) is 0 Å². The molecule has 3 rings (SSSR count). The first-order valence-electron chi connectivity index (χ1n) is 5.65. The summed E-state index contributed by atoms with van der Waals surface area (Å²) in [6, 6.07) is 16.6. The van der Waals surface area contributed by atoms with E-state index in [-0.39, 0.29) is 5.92 Å². The van der Waals surface area contributed by atoms with Crippen LogP contribution >= 0.6 is 0 Å². The number of benzene rings is 2. The maximum Gasteiger partial charge on any atom is 0.293 e. The third-order valence-corrected chi connectivity index (χ3v) is 3.29. The molecule has 2 nitrogen and oxygen atoms in total. The van der Waals surface area contributed by atoms with Crippen molar-refractivity contribution in [1.29, 1.82) is 0 Å². The lowest BCUT2D eigenvalue weighted by atomic mass is 9.98. The molecule has 0 saturated carbocycles. The molecular formula is C15H12O2. The molecule has 0 saturated heterocycles. The Bertz CT molecular complexity index is 515. The number of hydrogen-bond donors (Lipinski definition) is 0. The van der Waals surface area contributed by atoms with Crippen LogP contribution in [0.2, 0.25) is 0 Å². The summed E-state index contributed by atoms with van der Waals surface area (Å²) in [5.41, 5.74) is 5.00. The second-order valence-corrected chi connectivity index (χ2v) is 4.16. The Hall–Kier alpha value is -2.09. The highest BCUT2D eigenvalue weighted by Crippen LogP contribution is 2.44. The number of carbonyl (C=O) groups is 1. The van der Waals surface area contributed by atoms with E-state index in [1.165, 1.54) is 22.3 Å². The van der Waals surface area contributed by atoms with Crippen LogP contribution in [0.25, 0.3) is 11.1 Å². The van der Waals surface area contributed by atoms with Crippen LogP contribution in [0.3, 0.4) is 0 Å². The summed E-state index contributed by atoms with van der Waals surface area (Å²) in [7, 11) is 0. The standard InChI is InChI=1S/C15H12O2/c16-10-17-9-15-13-7-3-1-5-11(13)12-6-2-4-8-14(12)15/h1-8,10,15H,9H2. The molecule has 1 aliphatic rings. The van der Waals surface area contributed by atoms with E-state index in [0.29, 0.717) is 13.1 Å². The van der Waals surface area contributed by atoms with E-state index in [9.17, 15) is 4.79 Å². The van der Waals surface area contributed by atoms with Crippen molar-refractivity contribution in [1.82, 2.24) is 0 Å². The van der Waals surface area contributed by atoms with Crippen LogP contribution in [0.5, 0.6) is 0 Å². The summed E-state index contributed by atoms with van der Waals surface area (Å²) < 4.78 is 4.95. The lowest BCUT2D eigenvalue weighted by Crippen LogP contribution is -2.05. The van der Waals surface area contributed by atoms with Gasteiger partial charge in [-0.2, -0.15) is 0 Å². The molecule has 0 aliphatic heterocycles. The van der Waals surface area contributed by atoms with Crippen molar-refractivity contribution in [2.24, 2.45) is 0 Å². The smallest absolute Gasteiger partial charge is 0.293 e. The van der Waals surface area contributed by atoms with Crippen molar-refractivity contribution in [2.75, 3.05) is 6.61 Å². The van der Waals surface area contributed by atoms with Crippen LogP contribution in [0.4, 0.5) is 0 Å². The van der Waals surface area contributed by atoms with Crippen LogP contribution in [0.15, 0.2) is 48.5 Å². The molecule has 0 amide bonds. The molecule has 0 unspecified atom stereocenters. The Morgan fingerprint density at radius 1 is 0.941 bits per heavy atom. The molecule has 0 atom stereocenters. The van der Waals surface area contributed by atoms with Gasteiger partial charge in [0.1, 0.15) is 6.61 Å². The van der Waals surface area contributed by atoms with Gasteiger partial charge in [-0.25, -0.2) is 0 Å². The van der Waals surface area contributed by atoms with Gasteiger partial charge in [0.2, 0.25) is 0 Å². The van der Waals surface area contributed by atoms with E-state index in [4.69, 9.17) is 4.74 Å². The Morgan fingerprint density at radius 3 is 2.00 bits per heavy atom. The van der Waals surface area contributed by atoms with Gasteiger partial charge in [0, 0.05) is 5.92 Å². The molecule has 0 spiro atoms. The van der Waals surface area contributed by atoms with Crippen LogP contribution in [-0.4, -0.2) is 13.1 Å². The SMILES string of the molecule is O=COCC1c2ccccc2-c2ccccc21. The van der Waals surface area contributed by atoms with Crippen LogP contribution in [0, 0.1) is 0 Å². The van der Waals surface area contributed by atoms with Gasteiger partial charge in [-0.1, -0.05) is 48.5 Å². The summed E-state index contributed by atoms with van der Waals surface area (Å²) in [6.45, 7) is 0.932. The highest BCUT2D eigenvalue weighted by atomic mass is 16.5. The van der Waals surface area contributed by atoms with E-state index >= 15 is 0 Å². The van der Waals surface area contributed by atoms with Gasteiger partial charge in [0.25, 0.3) is 6.47 Å². The molecule has 2 aromatic carbocycles. The largest absolute Gasteiger partial charge is 0.467 e. The molecule has 0 fully saturated rings. The van der Waals surface area contributed by atoms with Crippen LogP contribution in [-0.2, 0) is 9.53 Å². The fraction of sp³-hybridized carbons (Fsp3) is 0.133. The summed E-state index contributed by atoms with van der Waals surface area (Å²) >= 11 is 0. The van der Waals surface area contributed by atoms with Gasteiger partial charge in [0.05, 0.1) is 0 Å². The van der Waals surface area contributed by atoms with E-state index in [0.717, 1.165) is 0 Å². The molecule has 0 N–H and O–H groups in total. The molecule has 0 aromatic heterocycles. The number of carbonyl (C=O) groups excluding carboxylic acids is 1. The van der Waals surface area contributed by atoms with Gasteiger partial charge < -0.3 is 4.74 Å². The third-order valence-electron chi connectivity index (χ3n) is 3.29. The van der Waals surface area contributed by atoms with Crippen molar-refractivity contribution in [2.45, 2.75) is 5.92 Å². The predicted octanol–water partition coefficient (Wildman–Crippen LogP) is 2.97. The van der Waals surface area contributed by atoms with Gasteiger partial charge in [-0.3, -0.25) is 4.79 Å². The summed E-state index contributed by atoms with van der Waals surface area (Å²) in [5, 5.41) is 0. The summed E-state index contributed by atoms with van der Waals surface area (Å²) in [5.74, 6) is 0.174. The maximum atomic E-state index is 10.4. The average molecular weight is 224 g/mol. The minimum atomic E-state index is 0.174. The molecule has 17 heavy (non-hydrogen) atoms. The minimum Gasteiger partial charge on any atom is -0.467 e. The monoisotopic (exact) mass is 224 g/mol. The zero-order valence-corrected chi connectivity index (χ0v) is 9.30. The zero-order valence-electron chi connectivity index (χ0n) is 9.30. The van der Waals surface area contributed by atoms with Gasteiger partial charge in [-0.05, 0) is 22.3 Å². The highest BCUT2D eigenvalue weighted by Gasteiger charge is 2.28. The van der Waals surface area contributed by atoms with Crippen molar-refractivity contribution < 1.29 is 9.53 Å². The molecule has 0 radical (unpaired) electrons. The fourth-order valence-corrected chi connectivity index (χ4v) is 2.57. The summed E-state index contributed by atoms with van der Waals surface area (Å²) in [6.07, 6.45) is 0. The second kappa shape index (κ2) is 4.06. The quantitative estimate of drug-likeness (QED) is 0.749. The van der Waals surface area contributed by atoms with Crippen molar-refractivity contribution in [3.8, 4) is 11.1 Å². The predicted molar refractivity (Wildman–Crippen MR) is 65.7 cm³/mol.